The fourth-order valence-corrected chi connectivity index (χ4v) is 4.67. The monoisotopic (exact) mass is 357 g/mol. The van der Waals surface area contributed by atoms with Crippen molar-refractivity contribution in [2.45, 2.75) is 40.0 Å². The quantitative estimate of drug-likeness (QED) is 0.879. The number of nitrogens with zero attached hydrogens (tertiary/aromatic N) is 1. The summed E-state index contributed by atoms with van der Waals surface area (Å²) in [6, 6.07) is 3.40. The van der Waals surface area contributed by atoms with Crippen LogP contribution in [0.4, 0.5) is 5.00 Å². The second-order valence-electron chi connectivity index (χ2n) is 7.57. The highest BCUT2D eigenvalue weighted by molar-refractivity contribution is 7.17. The SMILES string of the molecule is CC(C)(C)[C@@H]1CCc2c(sc(NC(=O)c3cccnc3)c2C(N)=O)C1. The van der Waals surface area contributed by atoms with Crippen LogP contribution in [-0.4, -0.2) is 16.8 Å². The number of fused-ring (bicyclic) bond motifs is 1. The Kier molecular flexibility index (Phi) is 4.64. The first-order valence-electron chi connectivity index (χ1n) is 8.43. The molecule has 2 amide bonds. The minimum absolute atomic E-state index is 0.216. The molecule has 0 radical (unpaired) electrons. The lowest BCUT2D eigenvalue weighted by molar-refractivity contribution is 0.1000. The molecule has 5 nitrogen and oxygen atoms in total. The summed E-state index contributed by atoms with van der Waals surface area (Å²) in [6.45, 7) is 6.74. The van der Waals surface area contributed by atoms with E-state index in [1.807, 2.05) is 0 Å². The molecule has 2 aromatic rings. The van der Waals surface area contributed by atoms with Crippen LogP contribution in [0.2, 0.25) is 0 Å². The molecule has 1 atom stereocenters. The molecular formula is C19H23N3O2S. The van der Waals surface area contributed by atoms with E-state index in [4.69, 9.17) is 5.73 Å². The van der Waals surface area contributed by atoms with Crippen molar-refractivity contribution >= 4 is 28.2 Å². The van der Waals surface area contributed by atoms with E-state index in [9.17, 15) is 9.59 Å². The molecule has 0 saturated heterocycles. The number of carbonyl (C=O) groups excluding carboxylic acids is 2. The molecule has 0 bridgehead atoms. The van der Waals surface area contributed by atoms with Crippen molar-refractivity contribution in [2.75, 3.05) is 5.32 Å². The Morgan fingerprint density at radius 3 is 2.72 bits per heavy atom. The number of nitrogens with two attached hydrogens (primary N) is 1. The molecular weight excluding hydrogens is 334 g/mol. The molecule has 2 aromatic heterocycles. The van der Waals surface area contributed by atoms with E-state index in [1.54, 1.807) is 18.3 Å². The number of amides is 2. The molecule has 0 unspecified atom stereocenters. The van der Waals surface area contributed by atoms with Crippen LogP contribution in [0, 0.1) is 11.3 Å². The maximum atomic E-state index is 12.4. The molecule has 1 aliphatic carbocycles. The summed E-state index contributed by atoms with van der Waals surface area (Å²) < 4.78 is 0. The van der Waals surface area contributed by atoms with Crippen molar-refractivity contribution in [1.29, 1.82) is 0 Å². The van der Waals surface area contributed by atoms with Crippen LogP contribution in [0.3, 0.4) is 0 Å². The van der Waals surface area contributed by atoms with Gasteiger partial charge in [-0.1, -0.05) is 20.8 Å². The summed E-state index contributed by atoms with van der Waals surface area (Å²) in [6.07, 6.45) is 5.90. The zero-order valence-electron chi connectivity index (χ0n) is 14.8. The van der Waals surface area contributed by atoms with Gasteiger partial charge >= 0.3 is 0 Å². The van der Waals surface area contributed by atoms with Crippen molar-refractivity contribution in [1.82, 2.24) is 4.98 Å². The summed E-state index contributed by atoms with van der Waals surface area (Å²) in [7, 11) is 0. The van der Waals surface area contributed by atoms with Crippen LogP contribution in [0.5, 0.6) is 0 Å². The van der Waals surface area contributed by atoms with E-state index in [0.717, 1.165) is 24.8 Å². The van der Waals surface area contributed by atoms with Gasteiger partial charge in [-0.25, -0.2) is 0 Å². The van der Waals surface area contributed by atoms with Crippen molar-refractivity contribution in [3.63, 3.8) is 0 Å². The molecule has 0 fully saturated rings. The number of nitrogens with one attached hydrogen (secondary N) is 1. The number of pyridine rings is 1. The molecule has 6 heteroatoms. The average Bonchev–Trinajstić information content (AvgIpc) is 2.91. The lowest BCUT2D eigenvalue weighted by atomic mass is 9.72. The van der Waals surface area contributed by atoms with Gasteiger partial charge in [0.15, 0.2) is 0 Å². The van der Waals surface area contributed by atoms with Crippen molar-refractivity contribution in [3.05, 3.63) is 46.1 Å². The standard InChI is InChI=1S/C19H23N3O2S/c1-19(2,3)12-6-7-13-14(9-12)25-18(15(13)16(20)23)22-17(24)11-5-4-8-21-10-11/h4-5,8,10,12H,6-7,9H2,1-3H3,(H2,20,23)(H,22,24)/t12-/m1/s1. The topological polar surface area (TPSA) is 85.1 Å². The third-order valence-corrected chi connectivity index (χ3v) is 6.06. The summed E-state index contributed by atoms with van der Waals surface area (Å²) in [5.41, 5.74) is 7.78. The molecule has 0 saturated carbocycles. The predicted molar refractivity (Wildman–Crippen MR) is 100.0 cm³/mol. The van der Waals surface area contributed by atoms with E-state index in [2.05, 4.69) is 31.1 Å². The molecule has 132 valence electrons. The number of hydrogen-bond donors (Lipinski definition) is 2. The van der Waals surface area contributed by atoms with Crippen molar-refractivity contribution in [3.8, 4) is 0 Å². The number of carbonyl (C=O) groups is 2. The van der Waals surface area contributed by atoms with Crippen LogP contribution < -0.4 is 11.1 Å². The molecule has 0 spiro atoms. The van der Waals surface area contributed by atoms with Gasteiger partial charge in [-0.05, 0) is 48.3 Å². The highest BCUT2D eigenvalue weighted by Gasteiger charge is 2.33. The van der Waals surface area contributed by atoms with E-state index < -0.39 is 5.91 Å². The minimum Gasteiger partial charge on any atom is -0.365 e. The van der Waals surface area contributed by atoms with Gasteiger partial charge in [-0.15, -0.1) is 11.3 Å². The Morgan fingerprint density at radius 1 is 1.36 bits per heavy atom. The average molecular weight is 357 g/mol. The summed E-state index contributed by atoms with van der Waals surface area (Å²) in [5, 5.41) is 3.41. The molecule has 1 aliphatic rings. The zero-order valence-corrected chi connectivity index (χ0v) is 15.6. The first-order chi connectivity index (χ1) is 11.8. The van der Waals surface area contributed by atoms with Gasteiger partial charge in [0.05, 0.1) is 11.1 Å². The Labute approximate surface area is 151 Å². The lowest BCUT2D eigenvalue weighted by Crippen LogP contribution is -2.27. The maximum absolute atomic E-state index is 12.4. The highest BCUT2D eigenvalue weighted by atomic mass is 32.1. The third-order valence-electron chi connectivity index (χ3n) is 4.89. The fourth-order valence-electron chi connectivity index (χ4n) is 3.35. The number of anilines is 1. The molecule has 0 aromatic carbocycles. The van der Waals surface area contributed by atoms with Crippen LogP contribution in [0.1, 0.15) is 58.3 Å². The number of rotatable bonds is 3. The van der Waals surface area contributed by atoms with Gasteiger partial charge in [0, 0.05) is 17.3 Å². The summed E-state index contributed by atoms with van der Waals surface area (Å²) >= 11 is 1.48. The van der Waals surface area contributed by atoms with Crippen molar-refractivity contribution in [2.24, 2.45) is 17.1 Å². The predicted octanol–water partition coefficient (Wildman–Crippen LogP) is 3.65. The Hall–Kier alpha value is -2.21. The van der Waals surface area contributed by atoms with Gasteiger partial charge in [-0.3, -0.25) is 14.6 Å². The maximum Gasteiger partial charge on any atom is 0.257 e. The number of aromatic nitrogens is 1. The van der Waals surface area contributed by atoms with Crippen LogP contribution >= 0.6 is 11.3 Å². The number of thiophene rings is 1. The third kappa shape index (κ3) is 3.58. The number of primary amides is 1. The molecule has 3 N–H and O–H groups in total. The van der Waals surface area contributed by atoms with Crippen LogP contribution in [0.15, 0.2) is 24.5 Å². The fraction of sp³-hybridized carbons (Fsp3) is 0.421. The van der Waals surface area contributed by atoms with Gasteiger partial charge < -0.3 is 11.1 Å². The second kappa shape index (κ2) is 6.59. The van der Waals surface area contributed by atoms with Gasteiger partial charge in [0.25, 0.3) is 11.8 Å². The normalized spacial score (nSPS) is 17.0. The Balaban J connectivity index is 1.92. The number of hydrogen-bond acceptors (Lipinski definition) is 4. The largest absolute Gasteiger partial charge is 0.365 e. The van der Waals surface area contributed by atoms with Gasteiger partial charge in [-0.2, -0.15) is 0 Å². The minimum atomic E-state index is -0.479. The van der Waals surface area contributed by atoms with Crippen molar-refractivity contribution < 1.29 is 9.59 Å². The zero-order chi connectivity index (χ0) is 18.2. The van der Waals surface area contributed by atoms with Gasteiger partial charge in [0.1, 0.15) is 5.00 Å². The second-order valence-corrected chi connectivity index (χ2v) is 8.68. The molecule has 3 rings (SSSR count). The first kappa shape index (κ1) is 17.6. The van der Waals surface area contributed by atoms with E-state index in [0.29, 0.717) is 22.0 Å². The molecule has 25 heavy (non-hydrogen) atoms. The van der Waals surface area contributed by atoms with Gasteiger partial charge in [0.2, 0.25) is 0 Å². The summed E-state index contributed by atoms with van der Waals surface area (Å²) in [4.78, 5) is 29.6. The van der Waals surface area contributed by atoms with E-state index in [1.165, 1.54) is 22.4 Å². The molecule has 2 heterocycles. The summed E-state index contributed by atoms with van der Waals surface area (Å²) in [5.74, 6) is -0.198. The smallest absolute Gasteiger partial charge is 0.257 e. The highest BCUT2D eigenvalue weighted by Crippen LogP contribution is 2.44. The van der Waals surface area contributed by atoms with E-state index in [-0.39, 0.29) is 11.3 Å². The Morgan fingerprint density at radius 2 is 2.12 bits per heavy atom. The van der Waals surface area contributed by atoms with Crippen LogP contribution in [0.25, 0.3) is 0 Å². The first-order valence-corrected chi connectivity index (χ1v) is 9.24. The molecule has 0 aliphatic heterocycles. The van der Waals surface area contributed by atoms with E-state index >= 15 is 0 Å². The lowest BCUT2D eigenvalue weighted by Gasteiger charge is -2.33. The van der Waals surface area contributed by atoms with Crippen LogP contribution in [-0.2, 0) is 12.8 Å². The Bertz CT molecular complexity index is 806.